The summed E-state index contributed by atoms with van der Waals surface area (Å²) in [6.45, 7) is 3.32. The Morgan fingerprint density at radius 1 is 1.07 bits per heavy atom. The van der Waals surface area contributed by atoms with Crippen LogP contribution in [0.3, 0.4) is 0 Å². The maximum absolute atomic E-state index is 13.0. The highest BCUT2D eigenvalue weighted by atomic mass is 32.2. The Kier molecular flexibility index (Phi) is 8.08. The van der Waals surface area contributed by atoms with Crippen LogP contribution >= 0.6 is 0 Å². The summed E-state index contributed by atoms with van der Waals surface area (Å²) >= 11 is 0. The fourth-order valence-electron chi connectivity index (χ4n) is 3.04. The fraction of sp³-hybridized carbons (Fsp3) is 0.381. The van der Waals surface area contributed by atoms with Gasteiger partial charge in [-0.1, -0.05) is 25.1 Å². The molecule has 0 aliphatic rings. The standard InChI is InChI=1S/C21H29N3O5S/c1-4-15-11-12-17(19(20(15)25)21(26)27)23-30(28,29)18-10-6-5-9-16(18)22-13-7-8-14-24(2)3/h5-6,9-12,22-23,25H,4,7-8,13-14H2,1-3H3,(H,26,27). The van der Waals surface area contributed by atoms with Crippen molar-refractivity contribution in [3.63, 3.8) is 0 Å². The van der Waals surface area contributed by atoms with Crippen molar-refractivity contribution in [3.05, 3.63) is 47.5 Å². The maximum atomic E-state index is 13.0. The number of hydrogen-bond acceptors (Lipinski definition) is 6. The molecule has 2 aromatic carbocycles. The number of hydrogen-bond donors (Lipinski definition) is 4. The van der Waals surface area contributed by atoms with E-state index in [1.807, 2.05) is 14.1 Å². The van der Waals surface area contributed by atoms with Gasteiger partial charge >= 0.3 is 5.97 Å². The van der Waals surface area contributed by atoms with Crippen molar-refractivity contribution in [3.8, 4) is 5.75 Å². The highest BCUT2D eigenvalue weighted by Crippen LogP contribution is 2.32. The molecule has 0 aliphatic heterocycles. The first kappa shape index (κ1) is 23.5. The number of nitrogens with one attached hydrogen (secondary N) is 2. The van der Waals surface area contributed by atoms with Gasteiger partial charge in [0.05, 0.1) is 11.4 Å². The molecule has 0 atom stereocenters. The van der Waals surface area contributed by atoms with E-state index in [1.54, 1.807) is 25.1 Å². The lowest BCUT2D eigenvalue weighted by Gasteiger charge is -2.16. The molecule has 0 spiro atoms. The molecule has 0 fully saturated rings. The van der Waals surface area contributed by atoms with Gasteiger partial charge < -0.3 is 20.4 Å². The molecule has 4 N–H and O–H groups in total. The van der Waals surface area contributed by atoms with E-state index in [4.69, 9.17) is 0 Å². The van der Waals surface area contributed by atoms with Crippen molar-refractivity contribution in [2.24, 2.45) is 0 Å². The van der Waals surface area contributed by atoms with E-state index in [0.29, 0.717) is 24.2 Å². The van der Waals surface area contributed by atoms with Crippen LogP contribution in [0, 0.1) is 0 Å². The molecular weight excluding hydrogens is 406 g/mol. The number of anilines is 2. The largest absolute Gasteiger partial charge is 0.507 e. The summed E-state index contributed by atoms with van der Waals surface area (Å²) in [4.78, 5) is 13.7. The molecule has 0 bridgehead atoms. The third-order valence-electron chi connectivity index (χ3n) is 4.62. The Morgan fingerprint density at radius 2 is 1.77 bits per heavy atom. The van der Waals surface area contributed by atoms with E-state index in [1.165, 1.54) is 18.2 Å². The van der Waals surface area contributed by atoms with E-state index < -0.39 is 27.3 Å². The first-order chi connectivity index (χ1) is 14.2. The number of carboxylic acids is 1. The van der Waals surface area contributed by atoms with Crippen LogP contribution in [0.4, 0.5) is 11.4 Å². The topological polar surface area (TPSA) is 119 Å². The Hall–Kier alpha value is -2.78. The first-order valence-corrected chi connectivity index (χ1v) is 11.2. The number of carbonyl (C=O) groups is 1. The van der Waals surface area contributed by atoms with Gasteiger partial charge in [-0.15, -0.1) is 0 Å². The maximum Gasteiger partial charge on any atom is 0.341 e. The molecule has 164 valence electrons. The summed E-state index contributed by atoms with van der Waals surface area (Å²) in [7, 11) is -0.0932. The van der Waals surface area contributed by atoms with Crippen LogP contribution in [0.25, 0.3) is 0 Å². The normalized spacial score (nSPS) is 11.5. The van der Waals surface area contributed by atoms with Gasteiger partial charge in [0.25, 0.3) is 10.0 Å². The van der Waals surface area contributed by atoms with Crippen molar-refractivity contribution < 1.29 is 23.4 Å². The Bertz CT molecular complexity index is 990. The molecule has 9 heteroatoms. The van der Waals surface area contributed by atoms with Crippen LogP contribution in [0.15, 0.2) is 41.3 Å². The van der Waals surface area contributed by atoms with Crippen molar-refractivity contribution in [2.75, 3.05) is 37.2 Å². The minimum Gasteiger partial charge on any atom is -0.507 e. The number of aryl methyl sites for hydroxylation is 1. The number of carboxylic acid groups (broad SMARTS) is 1. The van der Waals surface area contributed by atoms with Gasteiger partial charge in [0, 0.05) is 6.54 Å². The number of phenols is 1. The predicted molar refractivity (Wildman–Crippen MR) is 118 cm³/mol. The van der Waals surface area contributed by atoms with E-state index in [-0.39, 0.29) is 10.6 Å². The van der Waals surface area contributed by atoms with Crippen molar-refractivity contribution >= 4 is 27.4 Å². The van der Waals surface area contributed by atoms with Crippen LogP contribution in [-0.2, 0) is 16.4 Å². The summed E-state index contributed by atoms with van der Waals surface area (Å²) in [5.41, 5.74) is 0.210. The molecule has 2 aromatic rings. The van der Waals surface area contributed by atoms with E-state index >= 15 is 0 Å². The highest BCUT2D eigenvalue weighted by Gasteiger charge is 2.24. The van der Waals surface area contributed by atoms with Crippen molar-refractivity contribution in [2.45, 2.75) is 31.1 Å². The average Bonchev–Trinajstić information content (AvgIpc) is 2.67. The third kappa shape index (κ3) is 5.87. The van der Waals surface area contributed by atoms with Crippen LogP contribution in [0.5, 0.6) is 5.75 Å². The zero-order valence-corrected chi connectivity index (χ0v) is 18.3. The molecule has 0 heterocycles. The van der Waals surface area contributed by atoms with Crippen LogP contribution in [0.2, 0.25) is 0 Å². The number of benzene rings is 2. The number of unbranched alkanes of at least 4 members (excludes halogenated alkanes) is 1. The molecule has 30 heavy (non-hydrogen) atoms. The average molecular weight is 436 g/mol. The molecule has 0 amide bonds. The predicted octanol–water partition coefficient (Wildman–Crippen LogP) is 3.21. The summed E-state index contributed by atoms with van der Waals surface area (Å²) in [5.74, 6) is -1.84. The Labute approximate surface area is 177 Å². The molecule has 8 nitrogen and oxygen atoms in total. The lowest BCUT2D eigenvalue weighted by molar-refractivity contribution is 0.0694. The third-order valence-corrected chi connectivity index (χ3v) is 6.05. The quantitative estimate of drug-likeness (QED) is 0.400. The minimum atomic E-state index is -4.09. The van der Waals surface area contributed by atoms with Gasteiger partial charge in [0.2, 0.25) is 0 Å². The second kappa shape index (κ2) is 10.3. The number of para-hydroxylation sites is 1. The van der Waals surface area contributed by atoms with Gasteiger partial charge in [0.1, 0.15) is 16.2 Å². The Balaban J connectivity index is 2.27. The van der Waals surface area contributed by atoms with Crippen LogP contribution in [0.1, 0.15) is 35.7 Å². The van der Waals surface area contributed by atoms with E-state index in [9.17, 15) is 23.4 Å². The molecule has 0 saturated carbocycles. The van der Waals surface area contributed by atoms with Gasteiger partial charge in [-0.2, -0.15) is 0 Å². The van der Waals surface area contributed by atoms with Gasteiger partial charge in [-0.3, -0.25) is 4.72 Å². The van der Waals surface area contributed by atoms with Gasteiger partial charge in [0.15, 0.2) is 0 Å². The van der Waals surface area contributed by atoms with Gasteiger partial charge in [-0.05, 0) is 63.7 Å². The lowest BCUT2D eigenvalue weighted by atomic mass is 10.1. The number of sulfonamides is 1. The molecule has 0 saturated heterocycles. The number of nitrogens with zero attached hydrogens (tertiary/aromatic N) is 1. The van der Waals surface area contributed by atoms with E-state index in [0.717, 1.165) is 19.4 Å². The minimum absolute atomic E-state index is 0.00741. The molecule has 0 unspecified atom stereocenters. The summed E-state index contributed by atoms with van der Waals surface area (Å²) in [5, 5.41) is 22.9. The second-order valence-corrected chi connectivity index (χ2v) is 8.84. The molecule has 2 rings (SSSR count). The van der Waals surface area contributed by atoms with Gasteiger partial charge in [-0.25, -0.2) is 13.2 Å². The van der Waals surface area contributed by atoms with Crippen molar-refractivity contribution in [1.29, 1.82) is 0 Å². The van der Waals surface area contributed by atoms with Crippen molar-refractivity contribution in [1.82, 2.24) is 4.90 Å². The SMILES string of the molecule is CCc1ccc(NS(=O)(=O)c2ccccc2NCCCCN(C)C)c(C(=O)O)c1O. The Morgan fingerprint density at radius 3 is 2.40 bits per heavy atom. The fourth-order valence-corrected chi connectivity index (χ4v) is 4.30. The molecule has 0 radical (unpaired) electrons. The molecule has 0 aromatic heterocycles. The zero-order chi connectivity index (χ0) is 22.3. The monoisotopic (exact) mass is 435 g/mol. The zero-order valence-electron chi connectivity index (χ0n) is 17.5. The first-order valence-electron chi connectivity index (χ1n) is 9.76. The lowest BCUT2D eigenvalue weighted by Crippen LogP contribution is -2.18. The second-order valence-electron chi connectivity index (χ2n) is 7.19. The molecule has 0 aliphatic carbocycles. The van der Waals surface area contributed by atoms with E-state index in [2.05, 4.69) is 14.9 Å². The smallest absolute Gasteiger partial charge is 0.341 e. The summed E-state index contributed by atoms with van der Waals surface area (Å²) < 4.78 is 28.3. The summed E-state index contributed by atoms with van der Waals surface area (Å²) in [6, 6.07) is 9.31. The number of aromatic carboxylic acids is 1. The number of rotatable bonds is 11. The van der Waals surface area contributed by atoms with Crippen LogP contribution in [-0.4, -0.2) is 56.7 Å². The van der Waals surface area contributed by atoms with Crippen LogP contribution < -0.4 is 10.0 Å². The summed E-state index contributed by atoms with van der Waals surface area (Å²) in [6.07, 6.45) is 2.26. The molecular formula is C21H29N3O5S. The number of aromatic hydroxyl groups is 1. The highest BCUT2D eigenvalue weighted by molar-refractivity contribution is 7.92.